The Morgan fingerprint density at radius 3 is 2.81 bits per heavy atom. The Bertz CT molecular complexity index is 643. The molecule has 1 heterocycles. The summed E-state index contributed by atoms with van der Waals surface area (Å²) in [6.07, 6.45) is 2.13. The van der Waals surface area contributed by atoms with E-state index in [0.717, 1.165) is 30.3 Å². The van der Waals surface area contributed by atoms with Gasteiger partial charge in [-0.25, -0.2) is 4.98 Å². The SMILES string of the molecule is CCCCNc1nc(NC(C)=O)nc2cccc(OC)c12. The molecule has 0 fully saturated rings. The predicted octanol–water partition coefficient (Wildman–Crippen LogP) is 2.81. The lowest BCUT2D eigenvalue weighted by Crippen LogP contribution is -2.12. The summed E-state index contributed by atoms with van der Waals surface area (Å²) in [6, 6.07) is 5.60. The normalized spacial score (nSPS) is 10.4. The molecule has 6 heteroatoms. The molecule has 1 amide bonds. The van der Waals surface area contributed by atoms with Gasteiger partial charge in [0.15, 0.2) is 0 Å². The summed E-state index contributed by atoms with van der Waals surface area (Å²) in [5.41, 5.74) is 0.729. The first-order chi connectivity index (χ1) is 10.2. The molecule has 1 aromatic heterocycles. The van der Waals surface area contributed by atoms with E-state index >= 15 is 0 Å². The van der Waals surface area contributed by atoms with Crippen molar-refractivity contribution in [1.29, 1.82) is 0 Å². The maximum atomic E-state index is 11.2. The zero-order valence-electron chi connectivity index (χ0n) is 12.6. The molecule has 0 atom stereocenters. The lowest BCUT2D eigenvalue weighted by atomic mass is 10.2. The van der Waals surface area contributed by atoms with Crippen molar-refractivity contribution in [2.45, 2.75) is 26.7 Å². The minimum Gasteiger partial charge on any atom is -0.496 e. The second-order valence-corrected chi connectivity index (χ2v) is 4.71. The van der Waals surface area contributed by atoms with Crippen molar-refractivity contribution in [3.63, 3.8) is 0 Å². The van der Waals surface area contributed by atoms with Gasteiger partial charge in [0, 0.05) is 13.5 Å². The molecule has 0 unspecified atom stereocenters. The van der Waals surface area contributed by atoms with Crippen molar-refractivity contribution >= 4 is 28.6 Å². The van der Waals surface area contributed by atoms with Crippen LogP contribution in [0.3, 0.4) is 0 Å². The molecule has 0 bridgehead atoms. The highest BCUT2D eigenvalue weighted by atomic mass is 16.5. The molecule has 0 aliphatic rings. The third-order valence-corrected chi connectivity index (χ3v) is 3.02. The fourth-order valence-corrected chi connectivity index (χ4v) is 2.05. The van der Waals surface area contributed by atoms with Crippen molar-refractivity contribution in [1.82, 2.24) is 9.97 Å². The van der Waals surface area contributed by atoms with Crippen LogP contribution in [0.1, 0.15) is 26.7 Å². The number of carbonyl (C=O) groups is 1. The largest absolute Gasteiger partial charge is 0.496 e. The fraction of sp³-hybridized carbons (Fsp3) is 0.400. The van der Waals surface area contributed by atoms with Crippen LogP contribution >= 0.6 is 0 Å². The second kappa shape index (κ2) is 6.88. The quantitative estimate of drug-likeness (QED) is 0.799. The van der Waals surface area contributed by atoms with Gasteiger partial charge < -0.3 is 10.1 Å². The number of unbranched alkanes of at least 4 members (excludes halogenated alkanes) is 1. The minimum absolute atomic E-state index is 0.197. The van der Waals surface area contributed by atoms with E-state index in [2.05, 4.69) is 27.5 Å². The van der Waals surface area contributed by atoms with Crippen molar-refractivity contribution in [2.24, 2.45) is 0 Å². The van der Waals surface area contributed by atoms with Gasteiger partial charge in [-0.05, 0) is 18.6 Å². The summed E-state index contributed by atoms with van der Waals surface area (Å²) < 4.78 is 5.39. The zero-order valence-corrected chi connectivity index (χ0v) is 12.6. The molecule has 112 valence electrons. The van der Waals surface area contributed by atoms with Crippen molar-refractivity contribution < 1.29 is 9.53 Å². The number of ether oxygens (including phenoxy) is 1. The molecule has 2 N–H and O–H groups in total. The van der Waals surface area contributed by atoms with Crippen LogP contribution in [0, 0.1) is 0 Å². The first kappa shape index (κ1) is 15.0. The molecule has 0 radical (unpaired) electrons. The Labute approximate surface area is 123 Å². The summed E-state index contributed by atoms with van der Waals surface area (Å²) in [4.78, 5) is 19.9. The summed E-state index contributed by atoms with van der Waals surface area (Å²) in [5, 5.41) is 6.74. The summed E-state index contributed by atoms with van der Waals surface area (Å²) in [7, 11) is 1.62. The molecule has 0 aliphatic carbocycles. The maximum Gasteiger partial charge on any atom is 0.231 e. The molecular weight excluding hydrogens is 268 g/mol. The van der Waals surface area contributed by atoms with E-state index in [-0.39, 0.29) is 5.91 Å². The molecule has 0 spiro atoms. The lowest BCUT2D eigenvalue weighted by molar-refractivity contribution is -0.114. The Kier molecular flexibility index (Phi) is 4.92. The number of fused-ring (bicyclic) bond motifs is 1. The third kappa shape index (κ3) is 3.59. The highest BCUT2D eigenvalue weighted by molar-refractivity contribution is 5.96. The summed E-state index contributed by atoms with van der Waals surface area (Å²) >= 11 is 0. The van der Waals surface area contributed by atoms with Gasteiger partial charge in [0.1, 0.15) is 11.6 Å². The number of nitrogens with zero attached hydrogens (tertiary/aromatic N) is 2. The number of rotatable bonds is 6. The molecule has 0 saturated carbocycles. The Hall–Kier alpha value is -2.37. The zero-order chi connectivity index (χ0) is 15.2. The van der Waals surface area contributed by atoms with Crippen molar-refractivity contribution in [3.05, 3.63) is 18.2 Å². The molecular formula is C15H20N4O2. The van der Waals surface area contributed by atoms with Crippen LogP contribution in [0.5, 0.6) is 5.75 Å². The number of hydrogen-bond donors (Lipinski definition) is 2. The molecule has 2 aromatic rings. The molecule has 0 aliphatic heterocycles. The maximum absolute atomic E-state index is 11.2. The number of benzene rings is 1. The number of amides is 1. The number of carbonyl (C=O) groups excluding carboxylic acids is 1. The lowest BCUT2D eigenvalue weighted by Gasteiger charge is -2.13. The molecule has 6 nitrogen and oxygen atoms in total. The highest BCUT2D eigenvalue weighted by Crippen LogP contribution is 2.31. The van der Waals surface area contributed by atoms with E-state index in [9.17, 15) is 4.79 Å². The smallest absolute Gasteiger partial charge is 0.231 e. The van der Waals surface area contributed by atoms with Gasteiger partial charge in [0.05, 0.1) is 18.0 Å². The van der Waals surface area contributed by atoms with E-state index in [1.54, 1.807) is 7.11 Å². The summed E-state index contributed by atoms with van der Waals surface area (Å²) in [6.45, 7) is 4.37. The molecule has 21 heavy (non-hydrogen) atoms. The van der Waals surface area contributed by atoms with Gasteiger partial charge in [-0.3, -0.25) is 10.1 Å². The topological polar surface area (TPSA) is 76.1 Å². The van der Waals surface area contributed by atoms with E-state index in [4.69, 9.17) is 4.74 Å². The van der Waals surface area contributed by atoms with Crippen molar-refractivity contribution in [3.8, 4) is 5.75 Å². The fourth-order valence-electron chi connectivity index (χ4n) is 2.05. The van der Waals surface area contributed by atoms with Crippen LogP contribution in [0.4, 0.5) is 11.8 Å². The standard InChI is InChI=1S/C15H20N4O2/c1-4-5-9-16-14-13-11(7-6-8-12(13)21-3)18-15(19-14)17-10(2)20/h6-8H,4-5,9H2,1-3H3,(H2,16,17,18,19,20). The Morgan fingerprint density at radius 2 is 2.14 bits per heavy atom. The monoisotopic (exact) mass is 288 g/mol. The van der Waals surface area contributed by atoms with Crippen LogP contribution in [0.15, 0.2) is 18.2 Å². The van der Waals surface area contributed by atoms with E-state index < -0.39 is 0 Å². The number of hydrogen-bond acceptors (Lipinski definition) is 5. The van der Waals surface area contributed by atoms with Crippen LogP contribution in [0.25, 0.3) is 10.9 Å². The number of methoxy groups -OCH3 is 1. The van der Waals surface area contributed by atoms with Crippen LogP contribution in [-0.2, 0) is 4.79 Å². The van der Waals surface area contributed by atoms with Crippen LogP contribution in [-0.4, -0.2) is 29.5 Å². The van der Waals surface area contributed by atoms with Gasteiger partial charge >= 0.3 is 0 Å². The number of nitrogens with one attached hydrogen (secondary N) is 2. The van der Waals surface area contributed by atoms with Gasteiger partial charge in [-0.15, -0.1) is 0 Å². The predicted molar refractivity (Wildman–Crippen MR) is 83.8 cm³/mol. The van der Waals surface area contributed by atoms with Gasteiger partial charge in [0.25, 0.3) is 0 Å². The molecule has 2 rings (SSSR count). The van der Waals surface area contributed by atoms with Gasteiger partial charge in [0.2, 0.25) is 11.9 Å². The second-order valence-electron chi connectivity index (χ2n) is 4.71. The molecule has 1 aromatic carbocycles. The average molecular weight is 288 g/mol. The van der Waals surface area contributed by atoms with Gasteiger partial charge in [-0.2, -0.15) is 4.98 Å². The molecule has 0 saturated heterocycles. The highest BCUT2D eigenvalue weighted by Gasteiger charge is 2.12. The van der Waals surface area contributed by atoms with Crippen LogP contribution in [0.2, 0.25) is 0 Å². The number of anilines is 2. The minimum atomic E-state index is -0.197. The average Bonchev–Trinajstić information content (AvgIpc) is 2.46. The van der Waals surface area contributed by atoms with E-state index in [1.807, 2.05) is 18.2 Å². The Balaban J connectivity index is 2.49. The van der Waals surface area contributed by atoms with E-state index in [0.29, 0.717) is 17.5 Å². The number of aromatic nitrogens is 2. The van der Waals surface area contributed by atoms with Crippen molar-refractivity contribution in [2.75, 3.05) is 24.3 Å². The first-order valence-electron chi connectivity index (χ1n) is 7.02. The van der Waals surface area contributed by atoms with Crippen LogP contribution < -0.4 is 15.4 Å². The van der Waals surface area contributed by atoms with Gasteiger partial charge in [-0.1, -0.05) is 19.4 Å². The third-order valence-electron chi connectivity index (χ3n) is 3.02. The first-order valence-corrected chi connectivity index (χ1v) is 7.02. The van der Waals surface area contributed by atoms with E-state index in [1.165, 1.54) is 6.92 Å². The summed E-state index contributed by atoms with van der Waals surface area (Å²) in [5.74, 6) is 1.48. The Morgan fingerprint density at radius 1 is 1.33 bits per heavy atom.